The van der Waals surface area contributed by atoms with E-state index < -0.39 is 6.03 Å². The van der Waals surface area contributed by atoms with Crippen molar-refractivity contribution in [3.8, 4) is 0 Å². The molecule has 2 rings (SSSR count). The Bertz CT molecular complexity index is 464. The number of urea groups is 1. The molecule has 0 aliphatic heterocycles. The molecule has 0 spiro atoms. The van der Waals surface area contributed by atoms with E-state index in [2.05, 4.69) is 46.6 Å². The van der Waals surface area contributed by atoms with E-state index in [0.29, 0.717) is 25.2 Å². The van der Waals surface area contributed by atoms with Crippen molar-refractivity contribution in [1.29, 1.82) is 0 Å². The monoisotopic (exact) mass is 253 g/mol. The van der Waals surface area contributed by atoms with Crippen LogP contribution in [0.15, 0.2) is 0 Å². The van der Waals surface area contributed by atoms with Gasteiger partial charge >= 0.3 is 6.03 Å². The lowest BCUT2D eigenvalue weighted by atomic mass is 10.3. The van der Waals surface area contributed by atoms with Crippen molar-refractivity contribution >= 4 is 12.0 Å². The quantitative estimate of drug-likeness (QED) is 0.271. The molecule has 0 aromatic carbocycles. The van der Waals surface area contributed by atoms with E-state index in [1.807, 2.05) is 0 Å². The van der Waals surface area contributed by atoms with Crippen molar-refractivity contribution in [2.24, 2.45) is 5.84 Å². The number of tetrazole rings is 2. The summed E-state index contributed by atoms with van der Waals surface area (Å²) in [6.07, 6.45) is 1.18. The maximum Gasteiger partial charge on any atom is 0.338 e. The van der Waals surface area contributed by atoms with Crippen LogP contribution < -0.4 is 11.2 Å². The van der Waals surface area contributed by atoms with Crippen LogP contribution in [0.5, 0.6) is 0 Å². The van der Waals surface area contributed by atoms with E-state index >= 15 is 0 Å². The Kier molecular flexibility index (Phi) is 3.70. The molecule has 0 saturated heterocycles. The first-order valence-electron chi connectivity index (χ1n) is 5.04. The van der Waals surface area contributed by atoms with E-state index in [1.54, 1.807) is 0 Å². The average molecular weight is 253 g/mol. The Morgan fingerprint density at radius 1 is 1.28 bits per heavy atom. The predicted octanol–water partition coefficient (Wildman–Crippen LogP) is -1.95. The third-order valence-corrected chi connectivity index (χ3v) is 2.01. The SMILES string of the molecule is NN(CCCc1nn[nH]n1)C(=O)Nc1nn[nH]n1. The van der Waals surface area contributed by atoms with Crippen molar-refractivity contribution in [2.75, 3.05) is 11.9 Å². The van der Waals surface area contributed by atoms with Crippen LogP contribution in [-0.4, -0.2) is 58.8 Å². The Balaban J connectivity index is 1.70. The highest BCUT2D eigenvalue weighted by Gasteiger charge is 2.11. The summed E-state index contributed by atoms with van der Waals surface area (Å²) in [5, 5.41) is 29.3. The molecule has 2 aromatic rings. The summed E-state index contributed by atoms with van der Waals surface area (Å²) in [5.41, 5.74) is 0. The van der Waals surface area contributed by atoms with Crippen LogP contribution in [0.25, 0.3) is 0 Å². The molecule has 0 unspecified atom stereocenters. The second kappa shape index (κ2) is 5.62. The van der Waals surface area contributed by atoms with E-state index in [0.717, 1.165) is 5.01 Å². The first-order chi connectivity index (χ1) is 8.75. The second-order valence-corrected chi connectivity index (χ2v) is 3.29. The molecule has 2 heterocycles. The summed E-state index contributed by atoms with van der Waals surface area (Å²) < 4.78 is 0. The molecule has 0 aliphatic rings. The zero-order chi connectivity index (χ0) is 12.8. The van der Waals surface area contributed by atoms with E-state index in [1.165, 1.54) is 0 Å². The number of carbonyl (C=O) groups excluding carboxylic acids is 1. The van der Waals surface area contributed by atoms with Crippen molar-refractivity contribution in [3.05, 3.63) is 5.82 Å². The third kappa shape index (κ3) is 3.18. The summed E-state index contributed by atoms with van der Waals surface area (Å²) in [7, 11) is 0. The summed E-state index contributed by atoms with van der Waals surface area (Å²) in [5.74, 6) is 6.18. The van der Waals surface area contributed by atoms with Gasteiger partial charge in [0.1, 0.15) is 0 Å². The van der Waals surface area contributed by atoms with Gasteiger partial charge in [-0.1, -0.05) is 10.3 Å². The first kappa shape index (κ1) is 11.8. The molecule has 0 fully saturated rings. The summed E-state index contributed by atoms with van der Waals surface area (Å²) in [6, 6.07) is -0.524. The molecule has 12 heteroatoms. The van der Waals surface area contributed by atoms with Gasteiger partial charge in [-0.25, -0.2) is 10.6 Å². The van der Waals surface area contributed by atoms with Gasteiger partial charge in [0.15, 0.2) is 5.82 Å². The maximum atomic E-state index is 11.5. The van der Waals surface area contributed by atoms with Crippen LogP contribution in [0.4, 0.5) is 10.7 Å². The smallest absolute Gasteiger partial charge is 0.272 e. The number of nitrogens with two attached hydrogens (primary N) is 1. The van der Waals surface area contributed by atoms with Gasteiger partial charge in [0.05, 0.1) is 0 Å². The van der Waals surface area contributed by atoms with Crippen LogP contribution in [0, 0.1) is 0 Å². The number of anilines is 1. The number of carbonyl (C=O) groups is 1. The molecule has 2 aromatic heterocycles. The second-order valence-electron chi connectivity index (χ2n) is 3.29. The lowest BCUT2D eigenvalue weighted by Crippen LogP contribution is -2.41. The number of nitrogens with zero attached hydrogens (tertiary/aromatic N) is 7. The van der Waals surface area contributed by atoms with Crippen molar-refractivity contribution in [3.63, 3.8) is 0 Å². The van der Waals surface area contributed by atoms with Gasteiger partial charge in [-0.2, -0.15) is 10.4 Å². The first-order valence-corrected chi connectivity index (χ1v) is 5.04. The molecule has 96 valence electrons. The minimum atomic E-state index is -0.524. The van der Waals surface area contributed by atoms with Gasteiger partial charge in [0.25, 0.3) is 5.95 Å². The molecule has 0 bridgehead atoms. The Morgan fingerprint density at radius 2 is 2.06 bits per heavy atom. The van der Waals surface area contributed by atoms with Gasteiger partial charge < -0.3 is 0 Å². The zero-order valence-corrected chi connectivity index (χ0v) is 9.24. The standard InChI is InChI=1S/C6H11N11O/c7-17(3-1-2-4-9-13-14-10-4)6(18)8-5-11-15-16-12-5/h1-3,7H2,(H,9,10,13,14)(H2,8,11,12,15,16,18). The van der Waals surface area contributed by atoms with E-state index in [4.69, 9.17) is 5.84 Å². The van der Waals surface area contributed by atoms with Crippen LogP contribution >= 0.6 is 0 Å². The number of H-pyrrole nitrogens is 2. The van der Waals surface area contributed by atoms with Crippen molar-refractivity contribution in [2.45, 2.75) is 12.8 Å². The maximum absolute atomic E-state index is 11.5. The summed E-state index contributed by atoms with van der Waals surface area (Å²) in [6.45, 7) is 0.332. The number of aromatic nitrogens is 8. The highest BCUT2D eigenvalue weighted by Crippen LogP contribution is 1.97. The van der Waals surface area contributed by atoms with Gasteiger partial charge in [0, 0.05) is 13.0 Å². The normalized spacial score (nSPS) is 10.3. The third-order valence-electron chi connectivity index (χ3n) is 2.01. The van der Waals surface area contributed by atoms with E-state index in [-0.39, 0.29) is 5.95 Å². The molecule has 18 heavy (non-hydrogen) atoms. The highest BCUT2D eigenvalue weighted by molar-refractivity contribution is 5.86. The fourth-order valence-electron chi connectivity index (χ4n) is 1.18. The lowest BCUT2D eigenvalue weighted by Gasteiger charge is -2.15. The Hall–Kier alpha value is -2.63. The van der Waals surface area contributed by atoms with Gasteiger partial charge in [-0.05, 0) is 11.6 Å². The topological polar surface area (TPSA) is 167 Å². The van der Waals surface area contributed by atoms with Crippen molar-refractivity contribution < 1.29 is 4.79 Å². The molecule has 5 N–H and O–H groups in total. The molecule has 0 saturated carbocycles. The minimum Gasteiger partial charge on any atom is -0.272 e. The molecule has 2 amide bonds. The average Bonchev–Trinajstić information content (AvgIpc) is 3.01. The van der Waals surface area contributed by atoms with Gasteiger partial charge in [-0.15, -0.1) is 15.3 Å². The van der Waals surface area contributed by atoms with Crippen LogP contribution in [0.1, 0.15) is 12.2 Å². The number of nitrogens with one attached hydrogen (secondary N) is 3. The molecule has 0 radical (unpaired) electrons. The fraction of sp³-hybridized carbons (Fsp3) is 0.500. The number of amides is 2. The van der Waals surface area contributed by atoms with E-state index in [9.17, 15) is 4.79 Å². The molecular formula is C6H11N11O. The lowest BCUT2D eigenvalue weighted by molar-refractivity contribution is 0.212. The van der Waals surface area contributed by atoms with Gasteiger partial charge in [-0.3, -0.25) is 10.3 Å². The van der Waals surface area contributed by atoms with Crippen molar-refractivity contribution in [1.82, 2.24) is 46.3 Å². The summed E-state index contributed by atoms with van der Waals surface area (Å²) >= 11 is 0. The fourth-order valence-corrected chi connectivity index (χ4v) is 1.18. The largest absolute Gasteiger partial charge is 0.338 e. The van der Waals surface area contributed by atoms with Gasteiger partial charge in [0.2, 0.25) is 0 Å². The number of aryl methyl sites for hydroxylation is 1. The number of rotatable bonds is 5. The molecular weight excluding hydrogens is 242 g/mol. The highest BCUT2D eigenvalue weighted by atomic mass is 16.2. The molecule has 0 aliphatic carbocycles. The molecule has 12 nitrogen and oxygen atoms in total. The Labute approximate surface area is 100 Å². The number of hydrogen-bond donors (Lipinski definition) is 4. The number of aromatic amines is 2. The number of hydrogen-bond acceptors (Lipinski definition) is 8. The Morgan fingerprint density at radius 3 is 2.72 bits per heavy atom. The van der Waals surface area contributed by atoms with Crippen LogP contribution in [-0.2, 0) is 6.42 Å². The zero-order valence-electron chi connectivity index (χ0n) is 9.24. The van der Waals surface area contributed by atoms with Crippen LogP contribution in [0.2, 0.25) is 0 Å². The molecule has 0 atom stereocenters. The predicted molar refractivity (Wildman–Crippen MR) is 56.6 cm³/mol. The van der Waals surface area contributed by atoms with Crippen LogP contribution in [0.3, 0.4) is 0 Å². The summed E-state index contributed by atoms with van der Waals surface area (Å²) in [4.78, 5) is 11.5. The minimum absolute atomic E-state index is 0.0635. The number of hydrazine groups is 1.